The Morgan fingerprint density at radius 3 is 2.62 bits per heavy atom. The fourth-order valence-corrected chi connectivity index (χ4v) is 2.40. The van der Waals surface area contributed by atoms with Crippen LogP contribution in [0.5, 0.6) is 11.5 Å². The number of carbonyl (C=O) groups excluding carboxylic acids is 2. The summed E-state index contributed by atoms with van der Waals surface area (Å²) < 4.78 is 5.82. The SMILES string of the molecule is Cc1cc(Oc2ccc3c(c2)CCC(=O)N3)ccc1C=O. The van der Waals surface area contributed by atoms with E-state index in [1.54, 1.807) is 12.1 Å². The first-order valence-electron chi connectivity index (χ1n) is 6.82. The van der Waals surface area contributed by atoms with Gasteiger partial charge in [-0.1, -0.05) is 0 Å². The fraction of sp³-hybridized carbons (Fsp3) is 0.176. The maximum Gasteiger partial charge on any atom is 0.224 e. The van der Waals surface area contributed by atoms with Gasteiger partial charge in [0.1, 0.15) is 17.8 Å². The summed E-state index contributed by atoms with van der Waals surface area (Å²) in [6.45, 7) is 1.87. The molecule has 0 saturated carbocycles. The molecule has 3 rings (SSSR count). The molecule has 2 aromatic rings. The van der Waals surface area contributed by atoms with Gasteiger partial charge < -0.3 is 10.1 Å². The topological polar surface area (TPSA) is 55.4 Å². The number of nitrogens with one attached hydrogen (secondary N) is 1. The van der Waals surface area contributed by atoms with Crippen LogP contribution in [0, 0.1) is 6.92 Å². The number of anilines is 1. The van der Waals surface area contributed by atoms with Gasteiger partial charge in [0.2, 0.25) is 5.91 Å². The number of hydrogen-bond donors (Lipinski definition) is 1. The van der Waals surface area contributed by atoms with E-state index in [0.29, 0.717) is 17.7 Å². The van der Waals surface area contributed by atoms with Crippen molar-refractivity contribution in [3.05, 3.63) is 53.1 Å². The lowest BCUT2D eigenvalue weighted by atomic mass is 10.0. The summed E-state index contributed by atoms with van der Waals surface area (Å²) in [4.78, 5) is 22.1. The molecule has 2 aromatic carbocycles. The minimum atomic E-state index is 0.0521. The van der Waals surface area contributed by atoms with Crippen LogP contribution in [0.3, 0.4) is 0 Å². The maximum absolute atomic E-state index is 11.3. The minimum absolute atomic E-state index is 0.0521. The molecule has 1 aliphatic heterocycles. The average molecular weight is 281 g/mol. The van der Waals surface area contributed by atoms with Crippen molar-refractivity contribution in [3.8, 4) is 11.5 Å². The highest BCUT2D eigenvalue weighted by Crippen LogP contribution is 2.30. The predicted octanol–water partition coefficient (Wildman–Crippen LogP) is 3.48. The van der Waals surface area contributed by atoms with Crippen LogP contribution in [-0.2, 0) is 11.2 Å². The Labute approximate surface area is 122 Å². The van der Waals surface area contributed by atoms with Gasteiger partial charge in [-0.2, -0.15) is 0 Å². The van der Waals surface area contributed by atoms with Gasteiger partial charge in [-0.15, -0.1) is 0 Å². The van der Waals surface area contributed by atoms with E-state index in [9.17, 15) is 9.59 Å². The molecule has 0 aliphatic carbocycles. The average Bonchev–Trinajstić information content (AvgIpc) is 2.48. The Morgan fingerprint density at radius 2 is 1.86 bits per heavy atom. The molecule has 0 radical (unpaired) electrons. The van der Waals surface area contributed by atoms with Crippen molar-refractivity contribution < 1.29 is 14.3 Å². The van der Waals surface area contributed by atoms with E-state index in [1.807, 2.05) is 31.2 Å². The van der Waals surface area contributed by atoms with Crippen LogP contribution in [-0.4, -0.2) is 12.2 Å². The molecule has 0 spiro atoms. The molecular weight excluding hydrogens is 266 g/mol. The Balaban J connectivity index is 1.84. The highest BCUT2D eigenvalue weighted by atomic mass is 16.5. The van der Waals surface area contributed by atoms with E-state index in [0.717, 1.165) is 35.3 Å². The lowest BCUT2D eigenvalue weighted by molar-refractivity contribution is -0.116. The Morgan fingerprint density at radius 1 is 1.10 bits per heavy atom. The van der Waals surface area contributed by atoms with E-state index >= 15 is 0 Å². The molecule has 4 nitrogen and oxygen atoms in total. The molecule has 1 N–H and O–H groups in total. The quantitative estimate of drug-likeness (QED) is 0.876. The summed E-state index contributed by atoms with van der Waals surface area (Å²) in [7, 11) is 0. The monoisotopic (exact) mass is 281 g/mol. The fourth-order valence-electron chi connectivity index (χ4n) is 2.40. The van der Waals surface area contributed by atoms with Crippen LogP contribution in [0.25, 0.3) is 0 Å². The largest absolute Gasteiger partial charge is 0.457 e. The van der Waals surface area contributed by atoms with Gasteiger partial charge in [0.25, 0.3) is 0 Å². The van der Waals surface area contributed by atoms with Crippen molar-refractivity contribution in [2.75, 3.05) is 5.32 Å². The second-order valence-corrected chi connectivity index (χ2v) is 5.11. The summed E-state index contributed by atoms with van der Waals surface area (Å²) >= 11 is 0. The van der Waals surface area contributed by atoms with Crippen LogP contribution in [0.2, 0.25) is 0 Å². The number of carbonyl (C=O) groups is 2. The van der Waals surface area contributed by atoms with Gasteiger partial charge in [-0.3, -0.25) is 9.59 Å². The summed E-state index contributed by atoms with van der Waals surface area (Å²) in [5.41, 5.74) is 3.47. The lowest BCUT2D eigenvalue weighted by Crippen LogP contribution is -2.18. The number of ether oxygens (including phenoxy) is 1. The number of aldehydes is 1. The zero-order valence-electron chi connectivity index (χ0n) is 11.7. The number of hydrogen-bond acceptors (Lipinski definition) is 3. The third kappa shape index (κ3) is 2.79. The summed E-state index contributed by atoms with van der Waals surface area (Å²) in [5.74, 6) is 1.47. The second-order valence-electron chi connectivity index (χ2n) is 5.11. The first-order chi connectivity index (χ1) is 10.2. The van der Waals surface area contributed by atoms with E-state index in [4.69, 9.17) is 4.74 Å². The Bertz CT molecular complexity index is 722. The summed E-state index contributed by atoms with van der Waals surface area (Å²) in [6, 6.07) is 11.0. The van der Waals surface area contributed by atoms with E-state index in [1.165, 1.54) is 0 Å². The molecule has 0 fully saturated rings. The van der Waals surface area contributed by atoms with Crippen LogP contribution >= 0.6 is 0 Å². The summed E-state index contributed by atoms with van der Waals surface area (Å²) in [6.07, 6.45) is 2.06. The van der Waals surface area contributed by atoms with Crippen molar-refractivity contribution in [2.24, 2.45) is 0 Å². The van der Waals surface area contributed by atoms with Crippen LogP contribution in [0.4, 0.5) is 5.69 Å². The third-order valence-electron chi connectivity index (χ3n) is 3.58. The van der Waals surface area contributed by atoms with Crippen molar-refractivity contribution in [1.29, 1.82) is 0 Å². The van der Waals surface area contributed by atoms with Crippen molar-refractivity contribution in [3.63, 3.8) is 0 Å². The number of rotatable bonds is 3. The maximum atomic E-state index is 11.3. The van der Waals surface area contributed by atoms with Gasteiger partial charge in [-0.25, -0.2) is 0 Å². The molecule has 0 atom stereocenters. The molecule has 0 saturated heterocycles. The molecule has 21 heavy (non-hydrogen) atoms. The first kappa shape index (κ1) is 13.4. The van der Waals surface area contributed by atoms with Crippen molar-refractivity contribution in [1.82, 2.24) is 0 Å². The summed E-state index contributed by atoms with van der Waals surface area (Å²) in [5, 5.41) is 2.84. The zero-order chi connectivity index (χ0) is 14.8. The molecule has 1 aliphatic rings. The highest BCUT2D eigenvalue weighted by Gasteiger charge is 2.15. The van der Waals surface area contributed by atoms with Gasteiger partial charge in [0, 0.05) is 17.7 Å². The molecule has 0 bridgehead atoms. The third-order valence-corrected chi connectivity index (χ3v) is 3.58. The van der Waals surface area contributed by atoms with E-state index in [2.05, 4.69) is 5.32 Å². The molecule has 1 amide bonds. The number of amides is 1. The van der Waals surface area contributed by atoms with E-state index < -0.39 is 0 Å². The van der Waals surface area contributed by atoms with Crippen LogP contribution < -0.4 is 10.1 Å². The zero-order valence-corrected chi connectivity index (χ0v) is 11.7. The van der Waals surface area contributed by atoms with Gasteiger partial charge in [0.15, 0.2) is 0 Å². The number of benzene rings is 2. The molecule has 1 heterocycles. The normalized spacial score (nSPS) is 13.3. The van der Waals surface area contributed by atoms with Gasteiger partial charge in [-0.05, 0) is 60.9 Å². The second kappa shape index (κ2) is 5.40. The van der Waals surface area contributed by atoms with Crippen LogP contribution in [0.1, 0.15) is 27.9 Å². The first-order valence-corrected chi connectivity index (χ1v) is 6.82. The predicted molar refractivity (Wildman–Crippen MR) is 80.0 cm³/mol. The number of aryl methyl sites for hydroxylation is 2. The number of fused-ring (bicyclic) bond motifs is 1. The van der Waals surface area contributed by atoms with E-state index in [-0.39, 0.29) is 5.91 Å². The van der Waals surface area contributed by atoms with Crippen LogP contribution in [0.15, 0.2) is 36.4 Å². The standard InChI is InChI=1S/C17H15NO3/c1-11-8-14(4-2-13(11)10-19)21-15-5-6-16-12(9-15)3-7-17(20)18-16/h2,4-6,8-10H,3,7H2,1H3,(H,18,20). The smallest absolute Gasteiger partial charge is 0.224 e. The Hall–Kier alpha value is -2.62. The Kier molecular flexibility index (Phi) is 3.44. The molecule has 0 aromatic heterocycles. The van der Waals surface area contributed by atoms with Gasteiger partial charge in [0.05, 0.1) is 0 Å². The minimum Gasteiger partial charge on any atom is -0.457 e. The molecular formula is C17H15NO3. The molecule has 4 heteroatoms. The van der Waals surface area contributed by atoms with Crippen molar-refractivity contribution >= 4 is 17.9 Å². The molecule has 0 unspecified atom stereocenters. The molecule has 106 valence electrons. The van der Waals surface area contributed by atoms with Crippen molar-refractivity contribution in [2.45, 2.75) is 19.8 Å². The van der Waals surface area contributed by atoms with Gasteiger partial charge >= 0.3 is 0 Å². The lowest BCUT2D eigenvalue weighted by Gasteiger charge is -2.17. The highest BCUT2D eigenvalue weighted by molar-refractivity contribution is 5.94.